The second-order valence-corrected chi connectivity index (χ2v) is 11.1. The highest BCUT2D eigenvalue weighted by Crippen LogP contribution is 2.53. The summed E-state index contributed by atoms with van der Waals surface area (Å²) in [5.41, 5.74) is -0.646. The van der Waals surface area contributed by atoms with Gasteiger partial charge < -0.3 is 14.2 Å². The van der Waals surface area contributed by atoms with E-state index in [4.69, 9.17) is 14.2 Å². The summed E-state index contributed by atoms with van der Waals surface area (Å²) in [6.45, 7) is 6.94. The number of cyclic esters (lactones) is 1. The van der Waals surface area contributed by atoms with E-state index in [2.05, 4.69) is 6.58 Å². The maximum Gasteiger partial charge on any atom is 0.411 e. The molecular formula is C24H30N2O8S. The molecule has 3 fully saturated rings. The van der Waals surface area contributed by atoms with Crippen LogP contribution in [-0.2, 0) is 33.8 Å². The number of ether oxygens (including phenoxy) is 3. The molecule has 4 rings (SSSR count). The number of aryl methyl sites for hydroxylation is 1. The lowest BCUT2D eigenvalue weighted by Gasteiger charge is -2.45. The maximum atomic E-state index is 14.1. The third-order valence-corrected chi connectivity index (χ3v) is 9.00. The zero-order valence-corrected chi connectivity index (χ0v) is 20.8. The van der Waals surface area contributed by atoms with Crippen LogP contribution in [0.3, 0.4) is 0 Å². The molecule has 1 aromatic carbocycles. The van der Waals surface area contributed by atoms with Crippen LogP contribution < -0.4 is 0 Å². The molecule has 3 aliphatic heterocycles. The van der Waals surface area contributed by atoms with E-state index in [-0.39, 0.29) is 30.5 Å². The molecule has 0 saturated carbocycles. The number of amides is 2. The molecular weight excluding hydrogens is 476 g/mol. The Labute approximate surface area is 204 Å². The van der Waals surface area contributed by atoms with Crippen molar-refractivity contribution in [1.82, 2.24) is 9.21 Å². The molecule has 3 heterocycles. The van der Waals surface area contributed by atoms with Crippen molar-refractivity contribution in [2.45, 2.75) is 49.3 Å². The lowest BCUT2D eigenvalue weighted by molar-refractivity contribution is -0.148. The Morgan fingerprint density at radius 2 is 2.00 bits per heavy atom. The van der Waals surface area contributed by atoms with Crippen molar-refractivity contribution < 1.29 is 37.0 Å². The van der Waals surface area contributed by atoms with E-state index in [1.54, 1.807) is 12.1 Å². The van der Waals surface area contributed by atoms with Crippen LogP contribution in [0.4, 0.5) is 4.79 Å². The van der Waals surface area contributed by atoms with Gasteiger partial charge in [-0.15, -0.1) is 0 Å². The van der Waals surface area contributed by atoms with Crippen molar-refractivity contribution in [1.29, 1.82) is 0 Å². The molecule has 35 heavy (non-hydrogen) atoms. The third kappa shape index (κ3) is 4.00. The fourth-order valence-electron chi connectivity index (χ4n) is 5.73. The molecule has 0 radical (unpaired) electrons. The first-order valence-electron chi connectivity index (χ1n) is 11.5. The number of esters is 1. The van der Waals surface area contributed by atoms with Crippen LogP contribution in [0.25, 0.3) is 0 Å². The van der Waals surface area contributed by atoms with Crippen molar-refractivity contribution >= 4 is 28.0 Å². The Balaban J connectivity index is 1.74. The van der Waals surface area contributed by atoms with Gasteiger partial charge in [0.05, 0.1) is 11.5 Å². The molecule has 2 amide bonds. The van der Waals surface area contributed by atoms with Gasteiger partial charge in [0.1, 0.15) is 6.10 Å². The van der Waals surface area contributed by atoms with Crippen LogP contribution in [0.5, 0.6) is 0 Å². The average molecular weight is 507 g/mol. The first kappa shape index (κ1) is 25.2. The molecule has 3 aliphatic rings. The van der Waals surface area contributed by atoms with Crippen LogP contribution in [-0.4, -0.2) is 80.1 Å². The van der Waals surface area contributed by atoms with E-state index < -0.39 is 51.7 Å². The normalized spacial score (nSPS) is 28.8. The number of nitrogens with zero attached hydrogens (tertiary/aromatic N) is 2. The number of carbonyl (C=O) groups is 3. The van der Waals surface area contributed by atoms with Crippen molar-refractivity contribution in [2.75, 3.05) is 26.8 Å². The summed E-state index contributed by atoms with van der Waals surface area (Å²) >= 11 is 0. The van der Waals surface area contributed by atoms with Gasteiger partial charge in [0, 0.05) is 33.0 Å². The Hall–Kier alpha value is -2.92. The summed E-state index contributed by atoms with van der Waals surface area (Å²) < 4.78 is 44.0. The number of benzene rings is 1. The van der Waals surface area contributed by atoms with E-state index >= 15 is 0 Å². The summed E-state index contributed by atoms with van der Waals surface area (Å²) in [7, 11) is -2.74. The minimum Gasteiger partial charge on any atom is -0.458 e. The van der Waals surface area contributed by atoms with Gasteiger partial charge in [-0.2, -0.15) is 0 Å². The van der Waals surface area contributed by atoms with Crippen molar-refractivity contribution in [2.24, 2.45) is 11.8 Å². The third-order valence-electron chi connectivity index (χ3n) is 7.21. The smallest absolute Gasteiger partial charge is 0.411 e. The molecule has 10 nitrogen and oxygen atoms in total. The van der Waals surface area contributed by atoms with Gasteiger partial charge in [-0.1, -0.05) is 30.4 Å². The Kier molecular flexibility index (Phi) is 6.67. The number of carbonyl (C=O) groups excluding carboxylic acids is 3. The first-order valence-corrected chi connectivity index (χ1v) is 12.9. The van der Waals surface area contributed by atoms with E-state index in [1.807, 2.05) is 6.92 Å². The molecule has 0 bridgehead atoms. The SMILES string of the molecule is C=CC(CC1CN2C(=O)O[C@@H](COC)[C@]23C(=O)N(S(=O)(=O)c2ccc(C)cc2)CC[C@H]13)OC(C)=O. The van der Waals surface area contributed by atoms with E-state index in [1.165, 1.54) is 37.1 Å². The molecule has 3 saturated heterocycles. The highest BCUT2D eigenvalue weighted by Gasteiger charge is 2.72. The second kappa shape index (κ2) is 9.27. The van der Waals surface area contributed by atoms with Crippen molar-refractivity contribution in [3.8, 4) is 0 Å². The maximum absolute atomic E-state index is 14.1. The van der Waals surface area contributed by atoms with Crippen molar-refractivity contribution in [3.63, 3.8) is 0 Å². The number of sulfonamides is 1. The summed E-state index contributed by atoms with van der Waals surface area (Å²) in [6, 6.07) is 6.27. The van der Waals surface area contributed by atoms with Crippen LogP contribution in [0.15, 0.2) is 41.8 Å². The number of piperidine rings is 1. The lowest BCUT2D eigenvalue weighted by Crippen LogP contribution is -2.67. The molecule has 5 atom stereocenters. The lowest BCUT2D eigenvalue weighted by atomic mass is 9.70. The van der Waals surface area contributed by atoms with Gasteiger partial charge in [-0.25, -0.2) is 17.5 Å². The highest BCUT2D eigenvalue weighted by molar-refractivity contribution is 7.89. The van der Waals surface area contributed by atoms with E-state index in [0.29, 0.717) is 12.8 Å². The zero-order valence-electron chi connectivity index (χ0n) is 20.0. The molecule has 0 aromatic heterocycles. The number of hydrogen-bond donors (Lipinski definition) is 0. The zero-order chi connectivity index (χ0) is 25.5. The fraction of sp³-hybridized carbons (Fsp3) is 0.542. The standard InChI is InChI=1S/C24H30N2O8S/c1-5-18(33-16(3)27)12-17-13-25-23(29)34-21(14-32-4)24(25)20(17)10-11-26(22(24)28)35(30,31)19-8-6-15(2)7-9-19/h5-9,17-18,20-21H,1,10-14H2,2-4H3/t17?,18?,20-,21+,24-/m1/s1. The Morgan fingerprint density at radius 3 is 2.60 bits per heavy atom. The predicted molar refractivity (Wildman–Crippen MR) is 124 cm³/mol. The van der Waals surface area contributed by atoms with Crippen LogP contribution in [0.1, 0.15) is 25.3 Å². The predicted octanol–water partition coefficient (Wildman–Crippen LogP) is 1.88. The largest absolute Gasteiger partial charge is 0.458 e. The molecule has 0 aliphatic carbocycles. The molecule has 11 heteroatoms. The number of rotatable bonds is 8. The Bertz CT molecular complexity index is 1130. The van der Waals surface area contributed by atoms with Crippen LogP contribution >= 0.6 is 0 Å². The first-order chi connectivity index (χ1) is 16.6. The van der Waals surface area contributed by atoms with Crippen LogP contribution in [0.2, 0.25) is 0 Å². The van der Waals surface area contributed by atoms with Crippen molar-refractivity contribution in [3.05, 3.63) is 42.5 Å². The quantitative estimate of drug-likeness (QED) is 0.387. The fourth-order valence-corrected chi connectivity index (χ4v) is 7.18. The van der Waals surface area contributed by atoms with Gasteiger partial charge in [-0.3, -0.25) is 14.5 Å². The number of methoxy groups -OCH3 is 1. The molecule has 190 valence electrons. The highest BCUT2D eigenvalue weighted by atomic mass is 32.2. The molecule has 2 unspecified atom stereocenters. The minimum atomic E-state index is -4.16. The van der Waals surface area contributed by atoms with Gasteiger partial charge in [-0.05, 0) is 37.8 Å². The van der Waals surface area contributed by atoms with Gasteiger partial charge in [0.2, 0.25) is 0 Å². The summed E-state index contributed by atoms with van der Waals surface area (Å²) in [5.74, 6) is -1.82. The average Bonchev–Trinajstić information content (AvgIpc) is 3.27. The van der Waals surface area contributed by atoms with E-state index in [0.717, 1.165) is 9.87 Å². The van der Waals surface area contributed by atoms with Gasteiger partial charge in [0.15, 0.2) is 11.6 Å². The summed E-state index contributed by atoms with van der Waals surface area (Å²) in [5, 5.41) is 0. The van der Waals surface area contributed by atoms with Gasteiger partial charge >= 0.3 is 12.1 Å². The minimum absolute atomic E-state index is 0.00232. The van der Waals surface area contributed by atoms with E-state index in [9.17, 15) is 22.8 Å². The number of hydrogen-bond acceptors (Lipinski definition) is 8. The van der Waals surface area contributed by atoms with Gasteiger partial charge in [0.25, 0.3) is 15.9 Å². The molecule has 0 N–H and O–H groups in total. The topological polar surface area (TPSA) is 120 Å². The second-order valence-electron chi connectivity index (χ2n) is 9.23. The molecule has 1 spiro atoms. The molecule has 1 aromatic rings. The summed E-state index contributed by atoms with van der Waals surface area (Å²) in [4.78, 5) is 39.9. The Morgan fingerprint density at radius 1 is 1.31 bits per heavy atom. The summed E-state index contributed by atoms with van der Waals surface area (Å²) in [6.07, 6.45) is -0.0905. The monoisotopic (exact) mass is 506 g/mol. The van der Waals surface area contributed by atoms with Crippen LogP contribution in [0, 0.1) is 18.8 Å².